The lowest BCUT2D eigenvalue weighted by molar-refractivity contribution is -0.143. The molecule has 1 heterocycles. The van der Waals surface area contributed by atoms with Crippen molar-refractivity contribution in [3.8, 4) is 11.5 Å². The zero-order valence-electron chi connectivity index (χ0n) is 13.9. The van der Waals surface area contributed by atoms with Crippen LogP contribution >= 0.6 is 0 Å². The van der Waals surface area contributed by atoms with Crippen LogP contribution in [0.2, 0.25) is 0 Å². The van der Waals surface area contributed by atoms with E-state index < -0.39 is 24.5 Å². The van der Waals surface area contributed by atoms with E-state index >= 15 is 0 Å². The number of carbonyl (C=O) groups is 3. The van der Waals surface area contributed by atoms with Crippen LogP contribution < -0.4 is 20.1 Å². The maximum atomic E-state index is 11.6. The number of ether oxygens (including phenoxy) is 3. The van der Waals surface area contributed by atoms with E-state index in [1.165, 1.54) is 12.2 Å². The Hall–Kier alpha value is -3.03. The molecule has 25 heavy (non-hydrogen) atoms. The highest BCUT2D eigenvalue weighted by Gasteiger charge is 2.12. The number of carbonyl (C=O) groups excluding carboxylic acids is 3. The van der Waals surface area contributed by atoms with Crippen molar-refractivity contribution in [2.75, 3.05) is 19.9 Å². The predicted molar refractivity (Wildman–Crippen MR) is 89.0 cm³/mol. The van der Waals surface area contributed by atoms with Crippen molar-refractivity contribution in [3.05, 3.63) is 29.8 Å². The topological polar surface area (TPSA) is 103 Å². The summed E-state index contributed by atoms with van der Waals surface area (Å²) in [6, 6.07) is 4.60. The molecular weight excluding hydrogens is 328 g/mol. The molecule has 0 radical (unpaired) electrons. The van der Waals surface area contributed by atoms with Gasteiger partial charge in [-0.05, 0) is 30.2 Å². The van der Waals surface area contributed by atoms with Crippen molar-refractivity contribution in [1.29, 1.82) is 0 Å². The molecule has 3 amide bonds. The smallest absolute Gasteiger partial charge is 0.331 e. The normalized spacial score (nSPS) is 12.0. The molecule has 0 spiro atoms. The molecule has 0 aromatic heterocycles. The first-order chi connectivity index (χ1) is 12.1. The quantitative estimate of drug-likeness (QED) is 0.441. The predicted octanol–water partition coefficient (Wildman–Crippen LogP) is 1.60. The monoisotopic (exact) mass is 348 g/mol. The van der Waals surface area contributed by atoms with Crippen molar-refractivity contribution in [1.82, 2.24) is 10.6 Å². The number of nitrogens with one attached hydrogen (secondary N) is 2. The molecule has 8 nitrogen and oxygen atoms in total. The van der Waals surface area contributed by atoms with Crippen LogP contribution in [0.1, 0.15) is 25.3 Å². The lowest BCUT2D eigenvalue weighted by Gasteiger charge is -2.06. The number of fused-ring (bicyclic) bond motifs is 1. The number of esters is 1. The summed E-state index contributed by atoms with van der Waals surface area (Å²) in [6.45, 7) is 2.10. The van der Waals surface area contributed by atoms with E-state index in [1.54, 1.807) is 18.2 Å². The van der Waals surface area contributed by atoms with Gasteiger partial charge in [-0.1, -0.05) is 19.4 Å². The third-order valence-corrected chi connectivity index (χ3v) is 3.22. The summed E-state index contributed by atoms with van der Waals surface area (Å²) in [5.41, 5.74) is 0.723. The van der Waals surface area contributed by atoms with Crippen LogP contribution in [-0.2, 0) is 14.3 Å². The molecular formula is C17H20N2O6. The van der Waals surface area contributed by atoms with Gasteiger partial charge in [0.05, 0.1) is 0 Å². The summed E-state index contributed by atoms with van der Waals surface area (Å²) in [4.78, 5) is 34.5. The average molecular weight is 348 g/mol. The summed E-state index contributed by atoms with van der Waals surface area (Å²) in [6.07, 6.45) is 4.47. The van der Waals surface area contributed by atoms with Gasteiger partial charge >= 0.3 is 12.0 Å². The number of urea groups is 1. The maximum Gasteiger partial charge on any atom is 0.331 e. The van der Waals surface area contributed by atoms with Crippen molar-refractivity contribution in [2.45, 2.75) is 19.8 Å². The van der Waals surface area contributed by atoms with E-state index in [9.17, 15) is 14.4 Å². The standard InChI is InChI=1S/C17H20N2O6/c1-2-3-8-18-17(22)19-15(20)10-23-16(21)7-5-12-4-6-13-14(9-12)25-11-24-13/h4-7,9H,2-3,8,10-11H2,1H3,(H2,18,19,20,22). The number of rotatable bonds is 7. The Morgan fingerprint density at radius 1 is 1.24 bits per heavy atom. The first kappa shape index (κ1) is 18.3. The first-order valence-electron chi connectivity index (χ1n) is 7.90. The zero-order valence-corrected chi connectivity index (χ0v) is 13.9. The van der Waals surface area contributed by atoms with Crippen molar-refractivity contribution in [3.63, 3.8) is 0 Å². The molecule has 2 rings (SSSR count). The lowest BCUT2D eigenvalue weighted by atomic mass is 10.2. The second kappa shape index (κ2) is 9.31. The fraction of sp³-hybridized carbons (Fsp3) is 0.353. The van der Waals surface area contributed by atoms with Gasteiger partial charge < -0.3 is 19.5 Å². The molecule has 1 aliphatic heterocycles. The summed E-state index contributed by atoms with van der Waals surface area (Å²) < 4.78 is 15.2. The van der Waals surface area contributed by atoms with Gasteiger partial charge in [-0.2, -0.15) is 0 Å². The van der Waals surface area contributed by atoms with Gasteiger partial charge in [0.25, 0.3) is 5.91 Å². The summed E-state index contributed by atoms with van der Waals surface area (Å²) in [7, 11) is 0. The molecule has 1 aromatic carbocycles. The van der Waals surface area contributed by atoms with Gasteiger partial charge in [-0.15, -0.1) is 0 Å². The Morgan fingerprint density at radius 3 is 2.84 bits per heavy atom. The Balaban J connectivity index is 1.71. The first-order valence-corrected chi connectivity index (χ1v) is 7.90. The number of benzene rings is 1. The summed E-state index contributed by atoms with van der Waals surface area (Å²) in [5.74, 6) is -0.143. The van der Waals surface area contributed by atoms with Crippen LogP contribution in [0.25, 0.3) is 6.08 Å². The number of amides is 3. The number of hydrogen-bond acceptors (Lipinski definition) is 6. The van der Waals surface area contributed by atoms with Gasteiger partial charge in [-0.25, -0.2) is 9.59 Å². The molecule has 134 valence electrons. The van der Waals surface area contributed by atoms with Crippen LogP contribution in [0.5, 0.6) is 11.5 Å². The van der Waals surface area contributed by atoms with Crippen LogP contribution in [-0.4, -0.2) is 37.9 Å². The average Bonchev–Trinajstić information content (AvgIpc) is 3.06. The third-order valence-electron chi connectivity index (χ3n) is 3.22. The second-order valence-electron chi connectivity index (χ2n) is 5.21. The highest BCUT2D eigenvalue weighted by Crippen LogP contribution is 2.32. The lowest BCUT2D eigenvalue weighted by Crippen LogP contribution is -2.41. The van der Waals surface area contributed by atoms with Crippen molar-refractivity contribution >= 4 is 24.0 Å². The fourth-order valence-electron chi connectivity index (χ4n) is 1.95. The molecule has 0 saturated carbocycles. The minimum atomic E-state index is -0.696. The molecule has 0 atom stereocenters. The molecule has 0 unspecified atom stereocenters. The molecule has 0 bridgehead atoms. The van der Waals surface area contributed by atoms with Crippen LogP contribution in [0, 0.1) is 0 Å². The van der Waals surface area contributed by atoms with Gasteiger partial charge in [0, 0.05) is 12.6 Å². The van der Waals surface area contributed by atoms with E-state index in [1.807, 2.05) is 6.92 Å². The molecule has 8 heteroatoms. The minimum absolute atomic E-state index is 0.172. The maximum absolute atomic E-state index is 11.6. The van der Waals surface area contributed by atoms with E-state index in [0.29, 0.717) is 18.0 Å². The fourth-order valence-corrected chi connectivity index (χ4v) is 1.95. The van der Waals surface area contributed by atoms with Gasteiger partial charge in [0.15, 0.2) is 18.1 Å². The molecule has 0 fully saturated rings. The van der Waals surface area contributed by atoms with E-state index in [-0.39, 0.29) is 6.79 Å². The molecule has 1 aliphatic rings. The Kier molecular flexibility index (Phi) is 6.82. The van der Waals surface area contributed by atoms with Crippen LogP contribution in [0.4, 0.5) is 4.79 Å². The SMILES string of the molecule is CCCCNC(=O)NC(=O)COC(=O)C=Cc1ccc2c(c1)OCO2. The molecule has 0 aliphatic carbocycles. The Bertz CT molecular complexity index is 671. The van der Waals surface area contributed by atoms with E-state index in [0.717, 1.165) is 18.4 Å². The van der Waals surface area contributed by atoms with Crippen molar-refractivity contribution < 1.29 is 28.6 Å². The van der Waals surface area contributed by atoms with Crippen molar-refractivity contribution in [2.24, 2.45) is 0 Å². The molecule has 2 N–H and O–H groups in total. The van der Waals surface area contributed by atoms with Crippen LogP contribution in [0.3, 0.4) is 0 Å². The minimum Gasteiger partial charge on any atom is -0.454 e. The van der Waals surface area contributed by atoms with E-state index in [2.05, 4.69) is 10.6 Å². The molecule has 1 aromatic rings. The summed E-state index contributed by atoms with van der Waals surface area (Å²) >= 11 is 0. The Morgan fingerprint density at radius 2 is 2.04 bits per heavy atom. The number of unbranched alkanes of at least 4 members (excludes halogenated alkanes) is 1. The zero-order chi connectivity index (χ0) is 18.1. The van der Waals surface area contributed by atoms with Gasteiger partial charge in [0.2, 0.25) is 6.79 Å². The largest absolute Gasteiger partial charge is 0.454 e. The molecule has 0 saturated heterocycles. The van der Waals surface area contributed by atoms with Gasteiger partial charge in [-0.3, -0.25) is 10.1 Å². The number of hydrogen-bond donors (Lipinski definition) is 2. The Labute approximate surface area is 145 Å². The van der Waals surface area contributed by atoms with Crippen LogP contribution in [0.15, 0.2) is 24.3 Å². The third kappa shape index (κ3) is 6.17. The highest BCUT2D eigenvalue weighted by molar-refractivity contribution is 5.96. The second-order valence-corrected chi connectivity index (χ2v) is 5.21. The number of imide groups is 1. The van der Waals surface area contributed by atoms with Gasteiger partial charge in [0.1, 0.15) is 0 Å². The summed E-state index contributed by atoms with van der Waals surface area (Å²) in [5, 5.41) is 4.60. The highest BCUT2D eigenvalue weighted by atomic mass is 16.7. The van der Waals surface area contributed by atoms with E-state index in [4.69, 9.17) is 14.2 Å².